The Morgan fingerprint density at radius 1 is 1.44 bits per heavy atom. The quantitative estimate of drug-likeness (QED) is 0.563. The maximum absolute atomic E-state index is 6.03. The van der Waals surface area contributed by atoms with Gasteiger partial charge in [0.05, 0.1) is 6.61 Å². The molecule has 1 aromatic carbocycles. The summed E-state index contributed by atoms with van der Waals surface area (Å²) in [6, 6.07) is 8.07. The molecular formula is C14H21NO. The second-order valence-electron chi connectivity index (χ2n) is 3.83. The van der Waals surface area contributed by atoms with Crippen LogP contribution in [-0.4, -0.2) is 6.61 Å². The second-order valence-corrected chi connectivity index (χ2v) is 3.83. The van der Waals surface area contributed by atoms with Gasteiger partial charge < -0.3 is 10.5 Å². The number of rotatable bonds is 7. The summed E-state index contributed by atoms with van der Waals surface area (Å²) in [7, 11) is 0. The first-order valence-electron chi connectivity index (χ1n) is 5.87. The molecule has 0 amide bonds. The maximum atomic E-state index is 6.03. The van der Waals surface area contributed by atoms with Crippen LogP contribution in [0.15, 0.2) is 36.9 Å². The molecule has 1 aromatic rings. The maximum Gasteiger partial charge on any atom is 0.124 e. The second kappa shape index (κ2) is 7.07. The highest BCUT2D eigenvalue weighted by molar-refractivity contribution is 5.35. The van der Waals surface area contributed by atoms with Crippen LogP contribution in [0.2, 0.25) is 0 Å². The van der Waals surface area contributed by atoms with E-state index in [1.54, 1.807) is 0 Å². The Morgan fingerprint density at radius 3 is 2.88 bits per heavy atom. The van der Waals surface area contributed by atoms with Crippen molar-refractivity contribution in [2.24, 2.45) is 5.73 Å². The highest BCUT2D eigenvalue weighted by Gasteiger charge is 2.09. The number of ether oxygens (including phenoxy) is 1. The molecule has 0 aliphatic rings. The molecule has 0 saturated heterocycles. The monoisotopic (exact) mass is 219 g/mol. The third-order valence-corrected chi connectivity index (χ3v) is 2.57. The van der Waals surface area contributed by atoms with Crippen molar-refractivity contribution in [3.8, 4) is 5.75 Å². The molecule has 16 heavy (non-hydrogen) atoms. The lowest BCUT2D eigenvalue weighted by atomic mass is 10.0. The van der Waals surface area contributed by atoms with Gasteiger partial charge in [0.1, 0.15) is 5.75 Å². The predicted molar refractivity (Wildman–Crippen MR) is 68.6 cm³/mol. The normalized spacial score (nSPS) is 12.1. The summed E-state index contributed by atoms with van der Waals surface area (Å²) >= 11 is 0. The number of hydrogen-bond acceptors (Lipinski definition) is 2. The largest absolute Gasteiger partial charge is 0.493 e. The SMILES string of the molecule is C=CCCCOc1ccccc1C(N)CC. The van der Waals surface area contributed by atoms with Crippen LogP contribution >= 0.6 is 0 Å². The van der Waals surface area contributed by atoms with E-state index in [2.05, 4.69) is 13.5 Å². The van der Waals surface area contributed by atoms with E-state index in [0.717, 1.165) is 37.2 Å². The summed E-state index contributed by atoms with van der Waals surface area (Å²) in [5.41, 5.74) is 7.13. The molecule has 2 heteroatoms. The molecule has 0 aliphatic heterocycles. The van der Waals surface area contributed by atoms with Gasteiger partial charge in [-0.2, -0.15) is 0 Å². The standard InChI is InChI=1S/C14H21NO/c1-3-5-8-11-16-14-10-7-6-9-12(14)13(15)4-2/h3,6-7,9-10,13H,1,4-5,8,11,15H2,2H3. The highest BCUT2D eigenvalue weighted by Crippen LogP contribution is 2.25. The summed E-state index contributed by atoms with van der Waals surface area (Å²) in [4.78, 5) is 0. The van der Waals surface area contributed by atoms with Crippen LogP contribution in [0.1, 0.15) is 37.8 Å². The fraction of sp³-hybridized carbons (Fsp3) is 0.429. The van der Waals surface area contributed by atoms with Crippen molar-refractivity contribution >= 4 is 0 Å². The first-order chi connectivity index (χ1) is 7.79. The van der Waals surface area contributed by atoms with Gasteiger partial charge in [0.2, 0.25) is 0 Å². The Kier molecular flexibility index (Phi) is 5.65. The van der Waals surface area contributed by atoms with Gasteiger partial charge in [0.15, 0.2) is 0 Å². The number of hydrogen-bond donors (Lipinski definition) is 1. The minimum Gasteiger partial charge on any atom is -0.493 e. The minimum absolute atomic E-state index is 0.0654. The molecule has 2 N–H and O–H groups in total. The van der Waals surface area contributed by atoms with Crippen molar-refractivity contribution < 1.29 is 4.74 Å². The van der Waals surface area contributed by atoms with E-state index in [0.29, 0.717) is 0 Å². The number of para-hydroxylation sites is 1. The van der Waals surface area contributed by atoms with Gasteiger partial charge in [-0.05, 0) is 25.3 Å². The van der Waals surface area contributed by atoms with Crippen molar-refractivity contribution in [2.75, 3.05) is 6.61 Å². The summed E-state index contributed by atoms with van der Waals surface area (Å²) in [5.74, 6) is 0.918. The number of unbranched alkanes of at least 4 members (excludes halogenated alkanes) is 1. The molecule has 0 saturated carbocycles. The van der Waals surface area contributed by atoms with Crippen molar-refractivity contribution in [1.82, 2.24) is 0 Å². The summed E-state index contributed by atoms with van der Waals surface area (Å²) in [6.07, 6.45) is 4.82. The summed E-state index contributed by atoms with van der Waals surface area (Å²) in [5, 5.41) is 0. The van der Waals surface area contributed by atoms with Crippen molar-refractivity contribution in [1.29, 1.82) is 0 Å². The van der Waals surface area contributed by atoms with Gasteiger partial charge in [-0.25, -0.2) is 0 Å². The van der Waals surface area contributed by atoms with Crippen LogP contribution in [0.25, 0.3) is 0 Å². The Hall–Kier alpha value is -1.28. The molecule has 0 bridgehead atoms. The minimum atomic E-state index is 0.0654. The molecular weight excluding hydrogens is 198 g/mol. The van der Waals surface area contributed by atoms with Gasteiger partial charge in [-0.3, -0.25) is 0 Å². The van der Waals surface area contributed by atoms with Gasteiger partial charge in [0, 0.05) is 11.6 Å². The predicted octanol–water partition coefficient (Wildman–Crippen LogP) is 3.44. The zero-order chi connectivity index (χ0) is 11.8. The van der Waals surface area contributed by atoms with Crippen LogP contribution in [0.3, 0.4) is 0 Å². The third-order valence-electron chi connectivity index (χ3n) is 2.57. The average molecular weight is 219 g/mol. The zero-order valence-electron chi connectivity index (χ0n) is 9.99. The van der Waals surface area contributed by atoms with Crippen molar-refractivity contribution in [3.05, 3.63) is 42.5 Å². The first-order valence-corrected chi connectivity index (χ1v) is 5.87. The molecule has 0 heterocycles. The zero-order valence-corrected chi connectivity index (χ0v) is 9.99. The molecule has 1 atom stereocenters. The lowest BCUT2D eigenvalue weighted by molar-refractivity contribution is 0.307. The lowest BCUT2D eigenvalue weighted by Gasteiger charge is -2.15. The molecule has 0 spiro atoms. The van der Waals surface area contributed by atoms with E-state index in [1.807, 2.05) is 30.3 Å². The molecule has 1 rings (SSSR count). The molecule has 1 unspecified atom stereocenters. The molecule has 0 radical (unpaired) electrons. The summed E-state index contributed by atoms with van der Waals surface area (Å²) < 4.78 is 5.73. The van der Waals surface area contributed by atoms with Crippen LogP contribution in [0, 0.1) is 0 Å². The van der Waals surface area contributed by atoms with Gasteiger partial charge in [-0.15, -0.1) is 6.58 Å². The van der Waals surface area contributed by atoms with E-state index in [1.165, 1.54) is 0 Å². The topological polar surface area (TPSA) is 35.2 Å². The van der Waals surface area contributed by atoms with E-state index < -0.39 is 0 Å². The Morgan fingerprint density at radius 2 is 2.19 bits per heavy atom. The first kappa shape index (κ1) is 12.8. The highest BCUT2D eigenvalue weighted by atomic mass is 16.5. The number of benzene rings is 1. The molecule has 88 valence electrons. The van der Waals surface area contributed by atoms with Crippen LogP contribution < -0.4 is 10.5 Å². The summed E-state index contributed by atoms with van der Waals surface area (Å²) in [6.45, 7) is 6.49. The van der Waals surface area contributed by atoms with Crippen LogP contribution in [0.5, 0.6) is 5.75 Å². The van der Waals surface area contributed by atoms with Crippen LogP contribution in [0.4, 0.5) is 0 Å². The van der Waals surface area contributed by atoms with Crippen LogP contribution in [-0.2, 0) is 0 Å². The molecule has 0 aromatic heterocycles. The third kappa shape index (κ3) is 3.70. The number of nitrogens with two attached hydrogens (primary N) is 1. The van der Waals surface area contributed by atoms with Crippen molar-refractivity contribution in [3.63, 3.8) is 0 Å². The Balaban J connectivity index is 2.60. The fourth-order valence-electron chi connectivity index (χ4n) is 1.55. The van der Waals surface area contributed by atoms with Gasteiger partial charge in [-0.1, -0.05) is 31.2 Å². The number of allylic oxidation sites excluding steroid dienone is 1. The Bertz CT molecular complexity index is 322. The van der Waals surface area contributed by atoms with E-state index >= 15 is 0 Å². The molecule has 2 nitrogen and oxygen atoms in total. The average Bonchev–Trinajstić information content (AvgIpc) is 2.34. The lowest BCUT2D eigenvalue weighted by Crippen LogP contribution is -2.11. The molecule has 0 fully saturated rings. The van der Waals surface area contributed by atoms with E-state index in [9.17, 15) is 0 Å². The van der Waals surface area contributed by atoms with Gasteiger partial charge >= 0.3 is 0 Å². The van der Waals surface area contributed by atoms with E-state index in [4.69, 9.17) is 10.5 Å². The van der Waals surface area contributed by atoms with Gasteiger partial charge in [0.25, 0.3) is 0 Å². The molecule has 0 aliphatic carbocycles. The smallest absolute Gasteiger partial charge is 0.124 e. The Labute approximate surface area is 98.1 Å². The fourth-order valence-corrected chi connectivity index (χ4v) is 1.55. The van der Waals surface area contributed by atoms with Crippen molar-refractivity contribution in [2.45, 2.75) is 32.2 Å². The van der Waals surface area contributed by atoms with E-state index in [-0.39, 0.29) is 6.04 Å².